The van der Waals surface area contributed by atoms with Crippen LogP contribution in [0.25, 0.3) is 0 Å². The molecule has 0 bridgehead atoms. The molecule has 0 aliphatic heterocycles. The molecule has 0 unspecified atom stereocenters. The number of carbonyl (C=O) groups excluding carboxylic acids is 1. The maximum atomic E-state index is 12.2. The number of amides is 1. The fourth-order valence-corrected chi connectivity index (χ4v) is 4.78. The van der Waals surface area contributed by atoms with Gasteiger partial charge in [0, 0.05) is 24.3 Å². The van der Waals surface area contributed by atoms with Crippen molar-refractivity contribution in [3.05, 3.63) is 81.3 Å². The number of thiazole rings is 1. The Bertz CT molecular complexity index is 929. The molecule has 0 radical (unpaired) electrons. The van der Waals surface area contributed by atoms with E-state index < -0.39 is 0 Å². The molecule has 4 nitrogen and oxygen atoms in total. The van der Waals surface area contributed by atoms with Crippen LogP contribution in [0.15, 0.2) is 54.6 Å². The van der Waals surface area contributed by atoms with Crippen LogP contribution in [0.4, 0.5) is 0 Å². The third-order valence-electron chi connectivity index (χ3n) is 5.12. The first-order valence-electron chi connectivity index (χ1n) is 10.3. The van der Waals surface area contributed by atoms with Gasteiger partial charge in [0.25, 0.3) is 5.91 Å². The molecule has 0 saturated carbocycles. The molecule has 1 aliphatic carbocycles. The molecule has 5 heteroatoms. The van der Waals surface area contributed by atoms with E-state index in [1.807, 2.05) is 42.5 Å². The number of aryl methyl sites for hydroxylation is 2. The normalized spacial score (nSPS) is 13.0. The van der Waals surface area contributed by atoms with Crippen molar-refractivity contribution in [1.29, 1.82) is 0 Å². The van der Waals surface area contributed by atoms with E-state index in [1.54, 1.807) is 11.3 Å². The Balaban J connectivity index is 1.25. The van der Waals surface area contributed by atoms with Gasteiger partial charge in [0.1, 0.15) is 5.75 Å². The quantitative estimate of drug-likeness (QED) is 0.605. The number of hydrogen-bond acceptors (Lipinski definition) is 4. The van der Waals surface area contributed by atoms with Gasteiger partial charge in [0.15, 0.2) is 6.61 Å². The second kappa shape index (κ2) is 9.70. The van der Waals surface area contributed by atoms with E-state index >= 15 is 0 Å². The monoisotopic (exact) mass is 406 g/mol. The summed E-state index contributed by atoms with van der Waals surface area (Å²) in [6.07, 6.45) is 6.36. The number of aromatic nitrogens is 1. The fraction of sp³-hybridized carbons (Fsp3) is 0.333. The number of rotatable bonds is 8. The van der Waals surface area contributed by atoms with Gasteiger partial charge in [0.05, 0.1) is 10.7 Å². The van der Waals surface area contributed by atoms with Gasteiger partial charge in [-0.1, -0.05) is 48.5 Å². The van der Waals surface area contributed by atoms with E-state index in [2.05, 4.69) is 17.4 Å². The molecule has 1 N–H and O–H groups in total. The van der Waals surface area contributed by atoms with E-state index in [0.29, 0.717) is 6.54 Å². The lowest BCUT2D eigenvalue weighted by Gasteiger charge is -2.11. The lowest BCUT2D eigenvalue weighted by Crippen LogP contribution is -2.30. The van der Waals surface area contributed by atoms with Gasteiger partial charge >= 0.3 is 0 Å². The summed E-state index contributed by atoms with van der Waals surface area (Å²) in [6.45, 7) is 0.625. The summed E-state index contributed by atoms with van der Waals surface area (Å²) in [5, 5.41) is 4.08. The van der Waals surface area contributed by atoms with Crippen LogP contribution in [0.5, 0.6) is 5.75 Å². The molecule has 29 heavy (non-hydrogen) atoms. The van der Waals surface area contributed by atoms with Crippen LogP contribution < -0.4 is 10.1 Å². The molecule has 1 amide bonds. The van der Waals surface area contributed by atoms with E-state index in [-0.39, 0.29) is 12.5 Å². The number of ether oxygens (including phenoxy) is 1. The Kier molecular flexibility index (Phi) is 6.57. The van der Waals surface area contributed by atoms with Crippen LogP contribution in [0.2, 0.25) is 0 Å². The third-order valence-corrected chi connectivity index (χ3v) is 6.34. The van der Waals surface area contributed by atoms with E-state index in [9.17, 15) is 4.79 Å². The first-order chi connectivity index (χ1) is 14.3. The summed E-state index contributed by atoms with van der Waals surface area (Å²) >= 11 is 1.81. The van der Waals surface area contributed by atoms with E-state index in [0.717, 1.165) is 42.0 Å². The SMILES string of the molecule is O=C(COc1ccccc1Cc1ccccc1)NCCc1nc2c(s1)CCCC2. The summed E-state index contributed by atoms with van der Waals surface area (Å²) in [5.74, 6) is 0.667. The van der Waals surface area contributed by atoms with Crippen LogP contribution >= 0.6 is 11.3 Å². The second-order valence-electron chi connectivity index (χ2n) is 7.34. The van der Waals surface area contributed by atoms with Gasteiger partial charge in [-0.05, 0) is 42.9 Å². The molecule has 150 valence electrons. The van der Waals surface area contributed by atoms with Gasteiger partial charge in [-0.3, -0.25) is 4.79 Å². The molecular formula is C24H26N2O2S. The molecule has 0 fully saturated rings. The summed E-state index contributed by atoms with van der Waals surface area (Å²) < 4.78 is 5.82. The number of nitrogens with one attached hydrogen (secondary N) is 1. The topological polar surface area (TPSA) is 51.2 Å². The Hall–Kier alpha value is -2.66. The highest BCUT2D eigenvalue weighted by atomic mass is 32.1. The zero-order valence-corrected chi connectivity index (χ0v) is 17.3. The van der Waals surface area contributed by atoms with Gasteiger partial charge in [-0.25, -0.2) is 4.98 Å². The molecule has 0 spiro atoms. The van der Waals surface area contributed by atoms with Crippen LogP contribution in [-0.4, -0.2) is 24.0 Å². The lowest BCUT2D eigenvalue weighted by atomic mass is 10.0. The molecule has 3 aromatic rings. The van der Waals surface area contributed by atoms with Crippen LogP contribution in [0.1, 0.15) is 39.5 Å². The van der Waals surface area contributed by atoms with Gasteiger partial charge in [-0.15, -0.1) is 11.3 Å². The standard InChI is InChI=1S/C24H26N2O2S/c27-23(25-15-14-24-26-20-11-5-7-13-22(20)29-24)17-28-21-12-6-4-10-19(21)16-18-8-2-1-3-9-18/h1-4,6,8-10,12H,5,7,11,13-17H2,(H,25,27). The van der Waals surface area contributed by atoms with Crippen molar-refractivity contribution in [3.8, 4) is 5.75 Å². The average molecular weight is 407 g/mol. The van der Waals surface area contributed by atoms with Crippen molar-refractivity contribution < 1.29 is 9.53 Å². The summed E-state index contributed by atoms with van der Waals surface area (Å²) in [4.78, 5) is 18.4. The van der Waals surface area contributed by atoms with Crippen LogP contribution in [0.3, 0.4) is 0 Å². The van der Waals surface area contributed by atoms with Crippen molar-refractivity contribution in [2.24, 2.45) is 0 Å². The zero-order valence-electron chi connectivity index (χ0n) is 16.5. The van der Waals surface area contributed by atoms with Crippen LogP contribution in [0, 0.1) is 0 Å². The van der Waals surface area contributed by atoms with Crippen molar-refractivity contribution >= 4 is 17.2 Å². The summed E-state index contributed by atoms with van der Waals surface area (Å²) in [5.41, 5.74) is 3.58. The van der Waals surface area contributed by atoms with Crippen molar-refractivity contribution in [2.75, 3.05) is 13.2 Å². The fourth-order valence-electron chi connectivity index (χ4n) is 3.62. The number of benzene rings is 2. The zero-order chi connectivity index (χ0) is 19.9. The molecule has 1 heterocycles. The number of hydrogen-bond donors (Lipinski definition) is 1. The maximum absolute atomic E-state index is 12.2. The molecule has 4 rings (SSSR count). The van der Waals surface area contributed by atoms with Gasteiger partial charge < -0.3 is 10.1 Å². The smallest absolute Gasteiger partial charge is 0.257 e. The molecule has 1 aromatic heterocycles. The maximum Gasteiger partial charge on any atom is 0.257 e. The molecule has 2 aromatic carbocycles. The summed E-state index contributed by atoms with van der Waals surface area (Å²) in [7, 11) is 0. The van der Waals surface area contributed by atoms with Gasteiger partial charge in [-0.2, -0.15) is 0 Å². The number of carbonyl (C=O) groups is 1. The first-order valence-corrected chi connectivity index (χ1v) is 11.1. The predicted molar refractivity (Wildman–Crippen MR) is 117 cm³/mol. The van der Waals surface area contributed by atoms with Gasteiger partial charge in [0.2, 0.25) is 0 Å². The predicted octanol–water partition coefficient (Wildman–Crippen LogP) is 4.35. The van der Waals surface area contributed by atoms with E-state index in [4.69, 9.17) is 9.72 Å². The Morgan fingerprint density at radius 2 is 1.83 bits per heavy atom. The minimum Gasteiger partial charge on any atom is -0.483 e. The second-order valence-corrected chi connectivity index (χ2v) is 8.51. The Morgan fingerprint density at radius 1 is 1.03 bits per heavy atom. The molecule has 0 saturated heterocycles. The largest absolute Gasteiger partial charge is 0.483 e. The molecule has 0 atom stereocenters. The molecular weight excluding hydrogens is 380 g/mol. The summed E-state index contributed by atoms with van der Waals surface area (Å²) in [6, 6.07) is 18.2. The van der Waals surface area contributed by atoms with Crippen molar-refractivity contribution in [2.45, 2.75) is 38.5 Å². The van der Waals surface area contributed by atoms with Crippen molar-refractivity contribution in [1.82, 2.24) is 10.3 Å². The Labute approximate surface area is 176 Å². The Morgan fingerprint density at radius 3 is 2.69 bits per heavy atom. The first kappa shape index (κ1) is 19.6. The van der Waals surface area contributed by atoms with Crippen LogP contribution in [-0.2, 0) is 30.5 Å². The highest BCUT2D eigenvalue weighted by Gasteiger charge is 2.15. The minimum atomic E-state index is -0.0965. The number of fused-ring (bicyclic) bond motifs is 1. The minimum absolute atomic E-state index is 0.0279. The van der Waals surface area contributed by atoms with E-state index in [1.165, 1.54) is 29.0 Å². The highest BCUT2D eigenvalue weighted by Crippen LogP contribution is 2.26. The third kappa shape index (κ3) is 5.45. The molecule has 1 aliphatic rings. The highest BCUT2D eigenvalue weighted by molar-refractivity contribution is 7.11. The lowest BCUT2D eigenvalue weighted by molar-refractivity contribution is -0.123. The number of nitrogens with zero attached hydrogens (tertiary/aromatic N) is 1. The van der Waals surface area contributed by atoms with Crippen molar-refractivity contribution in [3.63, 3.8) is 0 Å². The number of para-hydroxylation sites is 1. The average Bonchev–Trinajstić information content (AvgIpc) is 3.17.